The Balaban J connectivity index is 1.27. The highest BCUT2D eigenvalue weighted by atomic mass is 79.9. The fourth-order valence-electron chi connectivity index (χ4n) is 4.76. The maximum absolute atomic E-state index is 13.2. The molecule has 2 N–H and O–H groups in total. The van der Waals surface area contributed by atoms with E-state index in [-0.39, 0.29) is 12.1 Å². The molecular weight excluding hydrogens is 592 g/mol. The zero-order valence-electron chi connectivity index (χ0n) is 23.0. The molecule has 0 radical (unpaired) electrons. The second kappa shape index (κ2) is 14.0. The summed E-state index contributed by atoms with van der Waals surface area (Å²) in [6.45, 7) is 5.63. The summed E-state index contributed by atoms with van der Waals surface area (Å²) in [6.07, 6.45) is 5.05. The molecule has 0 unspecified atom stereocenters. The highest BCUT2D eigenvalue weighted by Gasteiger charge is 2.27. The molecule has 0 spiro atoms. The summed E-state index contributed by atoms with van der Waals surface area (Å²) in [6, 6.07) is 22.7. The summed E-state index contributed by atoms with van der Waals surface area (Å²) < 4.78 is 32.1. The highest BCUT2D eigenvalue weighted by Crippen LogP contribution is 2.25. The van der Waals surface area contributed by atoms with Crippen LogP contribution in [0.1, 0.15) is 38.2 Å². The third-order valence-corrected chi connectivity index (χ3v) is 7.96. The lowest BCUT2D eigenvalue weighted by atomic mass is 10.0. The third kappa shape index (κ3) is 9.25. The van der Waals surface area contributed by atoms with E-state index in [2.05, 4.69) is 49.9 Å². The van der Waals surface area contributed by atoms with Crippen LogP contribution in [0, 0.1) is 0 Å². The van der Waals surface area contributed by atoms with E-state index in [0.717, 1.165) is 74.0 Å². The van der Waals surface area contributed by atoms with Crippen LogP contribution in [0.15, 0.2) is 77.3 Å². The number of hydrogen-bond acceptors (Lipinski definition) is 5. The highest BCUT2D eigenvalue weighted by molar-refractivity contribution is 9.10. The van der Waals surface area contributed by atoms with Gasteiger partial charge in [0.2, 0.25) is 10.0 Å². The van der Waals surface area contributed by atoms with Gasteiger partial charge < -0.3 is 15.0 Å². The van der Waals surface area contributed by atoms with E-state index in [4.69, 9.17) is 4.74 Å². The molecule has 1 aliphatic rings. The van der Waals surface area contributed by atoms with Gasteiger partial charge in [0.1, 0.15) is 11.5 Å². The van der Waals surface area contributed by atoms with Crippen molar-refractivity contribution in [2.75, 3.05) is 35.9 Å². The van der Waals surface area contributed by atoms with Crippen molar-refractivity contribution in [1.29, 1.82) is 0 Å². The number of sulfonamides is 1. The van der Waals surface area contributed by atoms with Crippen LogP contribution in [0.4, 0.5) is 16.2 Å². The predicted octanol–water partition coefficient (Wildman–Crippen LogP) is 6.91. The molecule has 3 aromatic rings. The third-order valence-electron chi connectivity index (χ3n) is 6.83. The number of carbonyl (C=O) groups excluding carboxylic acids is 1. The van der Waals surface area contributed by atoms with Crippen LogP contribution in [-0.4, -0.2) is 56.2 Å². The van der Waals surface area contributed by atoms with Crippen molar-refractivity contribution in [3.05, 3.63) is 82.8 Å². The molecule has 1 saturated heterocycles. The summed E-state index contributed by atoms with van der Waals surface area (Å²) in [5.74, 6) is 1.35. The maximum atomic E-state index is 13.2. The van der Waals surface area contributed by atoms with Gasteiger partial charge in [-0.05, 0) is 85.5 Å². The van der Waals surface area contributed by atoms with Gasteiger partial charge in [0, 0.05) is 48.1 Å². The first-order valence-electron chi connectivity index (χ1n) is 13.6. The number of halogens is 1. The van der Waals surface area contributed by atoms with Crippen molar-refractivity contribution in [2.24, 2.45) is 0 Å². The van der Waals surface area contributed by atoms with Gasteiger partial charge in [-0.1, -0.05) is 41.4 Å². The minimum Gasteiger partial charge on any atom is -0.457 e. The number of likely N-dealkylation sites (tertiary alicyclic amines) is 1. The number of amides is 2. The molecule has 0 atom stereocenters. The zero-order valence-corrected chi connectivity index (χ0v) is 25.4. The first-order chi connectivity index (χ1) is 19.2. The van der Waals surface area contributed by atoms with E-state index < -0.39 is 10.0 Å². The number of rotatable bonds is 11. The molecule has 0 aromatic heterocycles. The van der Waals surface area contributed by atoms with Crippen molar-refractivity contribution in [1.82, 2.24) is 9.80 Å². The predicted molar refractivity (Wildman–Crippen MR) is 164 cm³/mol. The Morgan fingerprint density at radius 2 is 1.52 bits per heavy atom. The summed E-state index contributed by atoms with van der Waals surface area (Å²) in [7, 11) is -3.31. The van der Waals surface area contributed by atoms with Gasteiger partial charge in [-0.25, -0.2) is 13.2 Å². The van der Waals surface area contributed by atoms with Gasteiger partial charge in [-0.2, -0.15) is 0 Å². The summed E-state index contributed by atoms with van der Waals surface area (Å²) in [4.78, 5) is 17.6. The fraction of sp³-hybridized carbons (Fsp3) is 0.367. The number of hydrogen-bond donors (Lipinski definition) is 2. The Bertz CT molecular complexity index is 1340. The van der Waals surface area contributed by atoms with E-state index in [0.29, 0.717) is 11.4 Å². The molecule has 40 heavy (non-hydrogen) atoms. The average Bonchev–Trinajstić information content (AvgIpc) is 2.92. The van der Waals surface area contributed by atoms with E-state index in [9.17, 15) is 13.2 Å². The number of unbranched alkanes of at least 4 members (excludes halogenated alkanes) is 1. The molecule has 1 fully saturated rings. The van der Waals surface area contributed by atoms with Crippen LogP contribution >= 0.6 is 15.9 Å². The standard InChI is InChI=1S/C30H37BrN4O4S/c1-3-4-19-35(30(36)32-25-9-7-24(31)8-10-25)27-17-20-34(21-18-27)22-23-5-13-28(14-6-23)39-29-15-11-26(12-16-29)33-40(2,37)38/h5-16,27,33H,3-4,17-22H2,1-2H3,(H,32,36). The molecule has 3 aromatic carbocycles. The second-order valence-corrected chi connectivity index (χ2v) is 12.8. The molecular formula is C30H37BrN4O4S. The summed E-state index contributed by atoms with van der Waals surface area (Å²) in [5.41, 5.74) is 2.50. The van der Waals surface area contributed by atoms with Crippen molar-refractivity contribution < 1.29 is 17.9 Å². The molecule has 2 amide bonds. The van der Waals surface area contributed by atoms with Crippen LogP contribution in [0.3, 0.4) is 0 Å². The lowest BCUT2D eigenvalue weighted by Crippen LogP contribution is -2.49. The number of piperidine rings is 1. The normalized spacial score (nSPS) is 14.5. The quantitative estimate of drug-likeness (QED) is 0.241. The number of ether oxygens (including phenoxy) is 1. The fourth-order valence-corrected chi connectivity index (χ4v) is 5.59. The molecule has 1 aliphatic heterocycles. The van der Waals surface area contributed by atoms with Crippen LogP contribution in [0.2, 0.25) is 0 Å². The topological polar surface area (TPSA) is 91.0 Å². The van der Waals surface area contributed by atoms with Gasteiger partial charge in [-0.3, -0.25) is 9.62 Å². The van der Waals surface area contributed by atoms with Crippen LogP contribution in [0.25, 0.3) is 0 Å². The number of carbonyl (C=O) groups is 1. The number of nitrogens with one attached hydrogen (secondary N) is 2. The van der Waals surface area contributed by atoms with Gasteiger partial charge in [0.25, 0.3) is 0 Å². The lowest BCUT2D eigenvalue weighted by molar-refractivity contribution is 0.122. The Kier molecular flexibility index (Phi) is 10.5. The summed E-state index contributed by atoms with van der Waals surface area (Å²) in [5, 5.41) is 3.07. The average molecular weight is 630 g/mol. The molecule has 10 heteroatoms. The molecule has 8 nitrogen and oxygen atoms in total. The molecule has 0 saturated carbocycles. The van der Waals surface area contributed by atoms with Crippen molar-refractivity contribution in [3.63, 3.8) is 0 Å². The Morgan fingerprint density at radius 3 is 2.10 bits per heavy atom. The second-order valence-electron chi connectivity index (χ2n) is 10.1. The van der Waals surface area contributed by atoms with Crippen LogP contribution < -0.4 is 14.8 Å². The summed E-state index contributed by atoms with van der Waals surface area (Å²) >= 11 is 3.44. The Labute approximate surface area is 245 Å². The molecule has 214 valence electrons. The van der Waals surface area contributed by atoms with Crippen molar-refractivity contribution in [2.45, 2.75) is 45.2 Å². The van der Waals surface area contributed by atoms with Gasteiger partial charge in [0.15, 0.2) is 0 Å². The molecule has 4 rings (SSSR count). The monoisotopic (exact) mass is 628 g/mol. The number of urea groups is 1. The van der Waals surface area contributed by atoms with Crippen LogP contribution in [0.5, 0.6) is 11.5 Å². The number of anilines is 2. The molecule has 0 bridgehead atoms. The molecule has 1 heterocycles. The van der Waals surface area contributed by atoms with Crippen molar-refractivity contribution in [3.8, 4) is 11.5 Å². The van der Waals surface area contributed by atoms with E-state index in [1.165, 1.54) is 5.56 Å². The smallest absolute Gasteiger partial charge is 0.322 e. The lowest BCUT2D eigenvalue weighted by Gasteiger charge is -2.38. The zero-order chi connectivity index (χ0) is 28.5. The Hall–Kier alpha value is -3.08. The van der Waals surface area contributed by atoms with Gasteiger partial charge >= 0.3 is 6.03 Å². The minimum absolute atomic E-state index is 0.0221. The first kappa shape index (κ1) is 29.9. The number of benzene rings is 3. The minimum atomic E-state index is -3.31. The van der Waals surface area contributed by atoms with Gasteiger partial charge in [-0.15, -0.1) is 0 Å². The maximum Gasteiger partial charge on any atom is 0.322 e. The number of nitrogens with zero attached hydrogens (tertiary/aromatic N) is 2. The van der Waals surface area contributed by atoms with E-state index >= 15 is 0 Å². The van der Waals surface area contributed by atoms with Crippen LogP contribution in [-0.2, 0) is 16.6 Å². The largest absolute Gasteiger partial charge is 0.457 e. The van der Waals surface area contributed by atoms with Gasteiger partial charge in [0.05, 0.1) is 6.26 Å². The van der Waals surface area contributed by atoms with Crippen molar-refractivity contribution >= 4 is 43.4 Å². The Morgan fingerprint density at radius 1 is 0.950 bits per heavy atom. The van der Waals surface area contributed by atoms with E-state index in [1.54, 1.807) is 24.3 Å². The SMILES string of the molecule is CCCCN(C(=O)Nc1ccc(Br)cc1)C1CCN(Cc2ccc(Oc3ccc(NS(C)(=O)=O)cc3)cc2)CC1. The first-order valence-corrected chi connectivity index (χ1v) is 16.3. The molecule has 0 aliphatic carbocycles. The van der Waals surface area contributed by atoms with E-state index in [1.807, 2.05) is 41.3 Å².